The molecule has 0 aliphatic carbocycles. The van der Waals surface area contributed by atoms with Crippen molar-refractivity contribution >= 4 is 5.91 Å². The van der Waals surface area contributed by atoms with Gasteiger partial charge in [0.2, 0.25) is 5.91 Å². The van der Waals surface area contributed by atoms with Crippen LogP contribution in [0.1, 0.15) is 250 Å². The molecule has 1 heterocycles. The summed E-state index contributed by atoms with van der Waals surface area (Å²) in [6.45, 7) is 1.57. The highest BCUT2D eigenvalue weighted by Gasteiger charge is 2.44. The van der Waals surface area contributed by atoms with Gasteiger partial charge in [-0.1, -0.05) is 249 Å². The topological polar surface area (TPSA) is 149 Å². The van der Waals surface area contributed by atoms with Crippen molar-refractivity contribution in [1.82, 2.24) is 5.32 Å². The van der Waals surface area contributed by atoms with Crippen LogP contribution in [0, 0.1) is 0 Å². The molecule has 374 valence electrons. The molecule has 1 aliphatic heterocycles. The van der Waals surface area contributed by atoms with Gasteiger partial charge in [-0.05, 0) is 31.2 Å². The highest BCUT2D eigenvalue weighted by molar-refractivity contribution is 5.76. The molecule has 1 fully saturated rings. The van der Waals surface area contributed by atoms with Gasteiger partial charge in [-0.3, -0.25) is 4.79 Å². The lowest BCUT2D eigenvalue weighted by Crippen LogP contribution is -2.60. The number of amides is 1. The van der Waals surface area contributed by atoms with Crippen LogP contribution in [0.15, 0.2) is 30.3 Å². The number of carbonyl (C=O) groups is 1. The van der Waals surface area contributed by atoms with E-state index in [1.807, 2.05) is 0 Å². The number of hydrogen-bond acceptors (Lipinski definition) is 8. The van der Waals surface area contributed by atoms with E-state index < -0.39 is 49.5 Å². The van der Waals surface area contributed by atoms with Gasteiger partial charge in [-0.2, -0.15) is 0 Å². The maximum Gasteiger partial charge on any atom is 0.220 e. The third kappa shape index (κ3) is 30.6. The first-order valence-corrected chi connectivity index (χ1v) is 27.3. The molecule has 0 spiro atoms. The summed E-state index contributed by atoms with van der Waals surface area (Å²) in [6, 6.07) is 10.2. The Morgan fingerprint density at radius 1 is 0.562 bits per heavy atom. The molecule has 64 heavy (non-hydrogen) atoms. The molecule has 6 N–H and O–H groups in total. The molecule has 2 rings (SSSR count). The Hall–Kier alpha value is -1.59. The summed E-state index contributed by atoms with van der Waals surface area (Å²) in [4.78, 5) is 13.0. The highest BCUT2D eigenvalue weighted by Crippen LogP contribution is 2.23. The van der Waals surface area contributed by atoms with Crippen molar-refractivity contribution in [3.63, 3.8) is 0 Å². The minimum atomic E-state index is -1.55. The smallest absolute Gasteiger partial charge is 0.220 e. The molecule has 1 aliphatic rings. The zero-order chi connectivity index (χ0) is 46.1. The Balaban J connectivity index is 1.47. The molecule has 0 bridgehead atoms. The van der Waals surface area contributed by atoms with Gasteiger partial charge in [-0.25, -0.2) is 0 Å². The molecule has 9 nitrogen and oxygen atoms in total. The van der Waals surface area contributed by atoms with Crippen molar-refractivity contribution in [3.05, 3.63) is 35.9 Å². The number of aliphatic hydroxyl groups is 5. The van der Waals surface area contributed by atoms with Gasteiger partial charge in [0.05, 0.1) is 25.4 Å². The fourth-order valence-corrected chi connectivity index (χ4v) is 9.30. The van der Waals surface area contributed by atoms with Gasteiger partial charge >= 0.3 is 0 Å². The van der Waals surface area contributed by atoms with Gasteiger partial charge in [0, 0.05) is 6.42 Å². The van der Waals surface area contributed by atoms with E-state index in [9.17, 15) is 30.3 Å². The van der Waals surface area contributed by atoms with E-state index in [4.69, 9.17) is 9.47 Å². The Labute approximate surface area is 392 Å². The average Bonchev–Trinajstić information content (AvgIpc) is 3.30. The Morgan fingerprint density at radius 3 is 1.41 bits per heavy atom. The lowest BCUT2D eigenvalue weighted by atomic mass is 9.99. The van der Waals surface area contributed by atoms with Crippen LogP contribution >= 0.6 is 0 Å². The minimum Gasteiger partial charge on any atom is -0.394 e. The SMILES string of the molecule is CCCCCCCCCCCCCCC[C@@H](O)[C@H](CO[C@H]1OC(CO)[C@H](O)C(O)C1O)NC(=O)CCCCCCCCCCCCCCCCCCCCCCCCc1ccccc1. The summed E-state index contributed by atoms with van der Waals surface area (Å²) < 4.78 is 11.3. The van der Waals surface area contributed by atoms with Gasteiger partial charge in [0.25, 0.3) is 0 Å². The summed E-state index contributed by atoms with van der Waals surface area (Å²) in [5, 5.41) is 54.5. The van der Waals surface area contributed by atoms with Gasteiger partial charge in [-0.15, -0.1) is 0 Å². The molecule has 1 saturated heterocycles. The fraction of sp³-hybridized carbons (Fsp3) is 0.873. The van der Waals surface area contributed by atoms with Crippen molar-refractivity contribution in [2.45, 2.75) is 294 Å². The van der Waals surface area contributed by atoms with E-state index in [-0.39, 0.29) is 12.5 Å². The number of rotatable bonds is 45. The molecule has 3 unspecified atom stereocenters. The van der Waals surface area contributed by atoms with Crippen molar-refractivity contribution in [1.29, 1.82) is 0 Å². The highest BCUT2D eigenvalue weighted by atomic mass is 16.7. The van der Waals surface area contributed by atoms with E-state index in [0.717, 1.165) is 38.5 Å². The second-order valence-corrected chi connectivity index (χ2v) is 19.6. The van der Waals surface area contributed by atoms with E-state index in [1.165, 1.54) is 198 Å². The van der Waals surface area contributed by atoms with Crippen LogP contribution < -0.4 is 5.32 Å². The Bertz CT molecular complexity index is 1160. The van der Waals surface area contributed by atoms with Crippen LogP contribution in [0.5, 0.6) is 0 Å². The quantitative estimate of drug-likeness (QED) is 0.0354. The summed E-state index contributed by atoms with van der Waals surface area (Å²) in [5.41, 5.74) is 1.48. The van der Waals surface area contributed by atoms with Crippen molar-refractivity contribution in [3.8, 4) is 0 Å². The third-order valence-corrected chi connectivity index (χ3v) is 13.7. The molecule has 0 aromatic heterocycles. The summed E-state index contributed by atoms with van der Waals surface area (Å²) in [6.07, 6.45) is 39.2. The minimum absolute atomic E-state index is 0.134. The van der Waals surface area contributed by atoms with Crippen LogP contribution in [-0.4, -0.2) is 87.5 Å². The molecular weight excluding hydrogens is 803 g/mol. The normalized spacial score (nSPS) is 19.8. The second kappa shape index (κ2) is 41.6. The largest absolute Gasteiger partial charge is 0.394 e. The van der Waals surface area contributed by atoms with Crippen molar-refractivity contribution < 1.29 is 39.8 Å². The monoisotopic (exact) mass is 904 g/mol. The molecule has 9 heteroatoms. The first kappa shape index (κ1) is 58.5. The van der Waals surface area contributed by atoms with Crippen LogP contribution in [-0.2, 0) is 20.7 Å². The number of aliphatic hydroxyl groups excluding tert-OH is 5. The molecule has 1 amide bonds. The average molecular weight is 904 g/mol. The fourth-order valence-electron chi connectivity index (χ4n) is 9.30. The Morgan fingerprint density at radius 2 is 0.969 bits per heavy atom. The molecule has 7 atom stereocenters. The molecule has 1 aromatic carbocycles. The lowest BCUT2D eigenvalue weighted by molar-refractivity contribution is -0.302. The first-order valence-electron chi connectivity index (χ1n) is 27.3. The molecule has 0 radical (unpaired) electrons. The van der Waals surface area contributed by atoms with E-state index >= 15 is 0 Å². The van der Waals surface area contributed by atoms with Crippen LogP contribution in [0.2, 0.25) is 0 Å². The van der Waals surface area contributed by atoms with Gasteiger partial charge < -0.3 is 40.3 Å². The maximum atomic E-state index is 13.0. The van der Waals surface area contributed by atoms with Gasteiger partial charge in [0.15, 0.2) is 6.29 Å². The number of aryl methyl sites for hydroxylation is 1. The third-order valence-electron chi connectivity index (χ3n) is 13.7. The van der Waals surface area contributed by atoms with Crippen molar-refractivity contribution in [2.75, 3.05) is 13.2 Å². The van der Waals surface area contributed by atoms with Crippen LogP contribution in [0.25, 0.3) is 0 Å². The predicted molar refractivity (Wildman–Crippen MR) is 264 cm³/mol. The molecular formula is C55H101NO8. The van der Waals surface area contributed by atoms with E-state index in [1.54, 1.807) is 0 Å². The first-order chi connectivity index (χ1) is 31.4. The predicted octanol–water partition coefficient (Wildman–Crippen LogP) is 12.3. The summed E-state index contributed by atoms with van der Waals surface area (Å²) >= 11 is 0. The number of carbonyl (C=O) groups excluding carboxylic acids is 1. The number of nitrogens with one attached hydrogen (secondary N) is 1. The maximum absolute atomic E-state index is 13.0. The van der Waals surface area contributed by atoms with E-state index in [2.05, 4.69) is 42.6 Å². The van der Waals surface area contributed by atoms with Crippen LogP contribution in [0.3, 0.4) is 0 Å². The number of benzene rings is 1. The number of ether oxygens (including phenoxy) is 2. The standard InChI is InChI=1S/C55H101NO8/c1-2-3-4-5-6-7-8-19-23-26-29-32-38-43-49(58)48(46-63-55-54(62)53(61)52(60)50(45-57)64-55)56-51(59)44-39-33-30-27-24-21-18-16-14-12-10-9-11-13-15-17-20-22-25-28-31-35-40-47-41-36-34-37-42-47/h34,36-37,41-42,48-50,52-55,57-58,60-62H,2-33,35,38-40,43-46H2,1H3,(H,56,59)/t48-,49+,50?,52-,53?,54?,55-/m0/s1. The summed E-state index contributed by atoms with van der Waals surface area (Å²) in [7, 11) is 0. The summed E-state index contributed by atoms with van der Waals surface area (Å²) in [5.74, 6) is -0.140. The number of unbranched alkanes of at least 4 members (excludes halogenated alkanes) is 33. The van der Waals surface area contributed by atoms with Gasteiger partial charge in [0.1, 0.15) is 24.4 Å². The lowest BCUT2D eigenvalue weighted by Gasteiger charge is -2.40. The Kier molecular flexibility index (Phi) is 38.0. The zero-order valence-corrected chi connectivity index (χ0v) is 41.2. The number of hydrogen-bond donors (Lipinski definition) is 6. The van der Waals surface area contributed by atoms with Crippen molar-refractivity contribution in [2.24, 2.45) is 0 Å². The zero-order valence-electron chi connectivity index (χ0n) is 41.2. The second-order valence-electron chi connectivity index (χ2n) is 19.6. The van der Waals surface area contributed by atoms with Crippen LogP contribution in [0.4, 0.5) is 0 Å². The van der Waals surface area contributed by atoms with E-state index in [0.29, 0.717) is 12.8 Å². The molecule has 1 aromatic rings. The molecule has 0 saturated carbocycles.